The summed E-state index contributed by atoms with van der Waals surface area (Å²) in [7, 11) is 0. The normalized spacial score (nSPS) is 10.7. The maximum absolute atomic E-state index is 4.55. The van der Waals surface area contributed by atoms with E-state index in [1.54, 1.807) is 18.0 Å². The van der Waals surface area contributed by atoms with Crippen LogP contribution in [0.1, 0.15) is 5.56 Å². The van der Waals surface area contributed by atoms with E-state index in [2.05, 4.69) is 39.3 Å². The summed E-state index contributed by atoms with van der Waals surface area (Å²) in [5.41, 5.74) is 3.26. The van der Waals surface area contributed by atoms with Crippen LogP contribution < -0.4 is 0 Å². The van der Waals surface area contributed by atoms with Gasteiger partial charge in [0, 0.05) is 40.8 Å². The van der Waals surface area contributed by atoms with Crippen molar-refractivity contribution in [3.8, 4) is 11.1 Å². The third-order valence-electron chi connectivity index (χ3n) is 3.74. The number of benzene rings is 1. The van der Waals surface area contributed by atoms with Gasteiger partial charge < -0.3 is 0 Å². The SMILES string of the molecule is c1ccc(Sc2ccc(Cn3cc(-c4cccnc4)cn3)cn2)cc1. The number of rotatable bonds is 5. The molecule has 122 valence electrons. The molecule has 0 fully saturated rings. The molecule has 4 nitrogen and oxygen atoms in total. The zero-order valence-electron chi connectivity index (χ0n) is 13.5. The lowest BCUT2D eigenvalue weighted by atomic mass is 10.2. The quantitative estimate of drug-likeness (QED) is 0.533. The summed E-state index contributed by atoms with van der Waals surface area (Å²) >= 11 is 1.66. The summed E-state index contributed by atoms with van der Waals surface area (Å²) in [4.78, 5) is 9.89. The first-order valence-corrected chi connectivity index (χ1v) is 8.79. The molecule has 3 heterocycles. The fourth-order valence-corrected chi connectivity index (χ4v) is 3.27. The summed E-state index contributed by atoms with van der Waals surface area (Å²) in [5, 5.41) is 5.43. The van der Waals surface area contributed by atoms with Crippen LogP contribution in [0.25, 0.3) is 11.1 Å². The number of hydrogen-bond donors (Lipinski definition) is 0. The Labute approximate surface area is 150 Å². The van der Waals surface area contributed by atoms with Crippen LogP contribution in [0.3, 0.4) is 0 Å². The minimum absolute atomic E-state index is 0.698. The van der Waals surface area contributed by atoms with E-state index in [4.69, 9.17) is 0 Å². The number of hydrogen-bond acceptors (Lipinski definition) is 4. The summed E-state index contributed by atoms with van der Waals surface area (Å²) < 4.78 is 1.92. The Kier molecular flexibility index (Phi) is 4.57. The van der Waals surface area contributed by atoms with Crippen molar-refractivity contribution in [2.75, 3.05) is 0 Å². The predicted molar refractivity (Wildman–Crippen MR) is 99.4 cm³/mol. The monoisotopic (exact) mass is 344 g/mol. The summed E-state index contributed by atoms with van der Waals surface area (Å²) in [6.45, 7) is 0.698. The maximum atomic E-state index is 4.55. The summed E-state index contributed by atoms with van der Waals surface area (Å²) in [6.07, 6.45) is 9.43. The lowest BCUT2D eigenvalue weighted by Crippen LogP contribution is -2.00. The predicted octanol–water partition coefficient (Wildman–Crippen LogP) is 4.54. The Morgan fingerprint density at radius 1 is 0.840 bits per heavy atom. The molecule has 0 saturated carbocycles. The van der Waals surface area contributed by atoms with Crippen molar-refractivity contribution in [1.29, 1.82) is 0 Å². The first-order valence-electron chi connectivity index (χ1n) is 7.97. The van der Waals surface area contributed by atoms with Gasteiger partial charge in [0.15, 0.2) is 0 Å². The zero-order valence-corrected chi connectivity index (χ0v) is 14.3. The van der Waals surface area contributed by atoms with Gasteiger partial charge in [-0.3, -0.25) is 9.67 Å². The molecule has 0 unspecified atom stereocenters. The molecule has 25 heavy (non-hydrogen) atoms. The Bertz CT molecular complexity index is 934. The Balaban J connectivity index is 1.44. The van der Waals surface area contributed by atoms with Crippen LogP contribution in [0.15, 0.2) is 95.5 Å². The number of nitrogens with zero attached hydrogens (tertiary/aromatic N) is 4. The maximum Gasteiger partial charge on any atom is 0.101 e. The van der Waals surface area contributed by atoms with Crippen molar-refractivity contribution in [2.45, 2.75) is 16.5 Å². The molecule has 0 radical (unpaired) electrons. The van der Waals surface area contributed by atoms with Crippen LogP contribution in [0.5, 0.6) is 0 Å². The summed E-state index contributed by atoms with van der Waals surface area (Å²) in [5.74, 6) is 0. The third kappa shape index (κ3) is 3.95. The molecule has 0 saturated heterocycles. The van der Waals surface area contributed by atoms with E-state index in [0.717, 1.165) is 21.7 Å². The molecule has 0 bridgehead atoms. The van der Waals surface area contributed by atoms with Crippen LogP contribution in [-0.4, -0.2) is 19.7 Å². The average molecular weight is 344 g/mol. The number of aromatic nitrogens is 4. The first kappa shape index (κ1) is 15.6. The van der Waals surface area contributed by atoms with Crippen molar-refractivity contribution >= 4 is 11.8 Å². The molecule has 0 aliphatic rings. The fourth-order valence-electron chi connectivity index (χ4n) is 2.49. The van der Waals surface area contributed by atoms with E-state index < -0.39 is 0 Å². The van der Waals surface area contributed by atoms with Crippen LogP contribution in [-0.2, 0) is 6.54 Å². The molecule has 3 aromatic heterocycles. The average Bonchev–Trinajstić information content (AvgIpc) is 3.14. The van der Waals surface area contributed by atoms with Gasteiger partial charge in [0.05, 0.1) is 12.7 Å². The fraction of sp³-hybridized carbons (Fsp3) is 0.0500. The van der Waals surface area contributed by atoms with Crippen LogP contribution >= 0.6 is 11.8 Å². The molecule has 1 aromatic carbocycles. The molecule has 0 N–H and O–H groups in total. The van der Waals surface area contributed by atoms with Crippen molar-refractivity contribution in [1.82, 2.24) is 19.7 Å². The van der Waals surface area contributed by atoms with Gasteiger partial charge in [-0.1, -0.05) is 42.1 Å². The van der Waals surface area contributed by atoms with Gasteiger partial charge in [0.1, 0.15) is 5.03 Å². The minimum atomic E-state index is 0.698. The third-order valence-corrected chi connectivity index (χ3v) is 4.69. The van der Waals surface area contributed by atoms with E-state index in [0.29, 0.717) is 6.54 Å². The summed E-state index contributed by atoms with van der Waals surface area (Å²) in [6, 6.07) is 18.4. The van der Waals surface area contributed by atoms with E-state index in [9.17, 15) is 0 Å². The second-order valence-electron chi connectivity index (χ2n) is 5.59. The van der Waals surface area contributed by atoms with Crippen molar-refractivity contribution < 1.29 is 0 Å². The van der Waals surface area contributed by atoms with Crippen molar-refractivity contribution in [2.24, 2.45) is 0 Å². The molecular formula is C20H16N4S. The van der Waals surface area contributed by atoms with Gasteiger partial charge in [-0.15, -0.1) is 0 Å². The molecule has 0 aliphatic carbocycles. The molecule has 0 aliphatic heterocycles. The second kappa shape index (κ2) is 7.32. The highest BCUT2D eigenvalue weighted by Gasteiger charge is 2.04. The van der Waals surface area contributed by atoms with E-state index in [1.807, 2.05) is 59.8 Å². The van der Waals surface area contributed by atoms with Crippen LogP contribution in [0.4, 0.5) is 0 Å². The smallest absolute Gasteiger partial charge is 0.101 e. The van der Waals surface area contributed by atoms with Crippen LogP contribution in [0.2, 0.25) is 0 Å². The molecular weight excluding hydrogens is 328 g/mol. The van der Waals surface area contributed by atoms with E-state index >= 15 is 0 Å². The van der Waals surface area contributed by atoms with Gasteiger partial charge in [0.25, 0.3) is 0 Å². The highest BCUT2D eigenvalue weighted by Crippen LogP contribution is 2.25. The van der Waals surface area contributed by atoms with Crippen molar-refractivity contribution in [3.05, 3.63) is 91.1 Å². The van der Waals surface area contributed by atoms with Gasteiger partial charge in [-0.05, 0) is 29.8 Å². The van der Waals surface area contributed by atoms with Gasteiger partial charge >= 0.3 is 0 Å². The number of pyridine rings is 2. The van der Waals surface area contributed by atoms with Crippen molar-refractivity contribution in [3.63, 3.8) is 0 Å². The molecule has 5 heteroatoms. The topological polar surface area (TPSA) is 43.6 Å². The Hall–Kier alpha value is -2.92. The largest absolute Gasteiger partial charge is 0.268 e. The highest BCUT2D eigenvalue weighted by molar-refractivity contribution is 7.99. The van der Waals surface area contributed by atoms with Gasteiger partial charge in [-0.25, -0.2) is 4.98 Å². The highest BCUT2D eigenvalue weighted by atomic mass is 32.2. The molecule has 0 atom stereocenters. The second-order valence-corrected chi connectivity index (χ2v) is 6.68. The first-order chi connectivity index (χ1) is 12.4. The lowest BCUT2D eigenvalue weighted by Gasteiger charge is -2.04. The van der Waals surface area contributed by atoms with E-state index in [-0.39, 0.29) is 0 Å². The molecule has 4 rings (SSSR count). The van der Waals surface area contributed by atoms with Gasteiger partial charge in [-0.2, -0.15) is 5.10 Å². The zero-order chi connectivity index (χ0) is 16.9. The minimum Gasteiger partial charge on any atom is -0.268 e. The van der Waals surface area contributed by atoms with Gasteiger partial charge in [0.2, 0.25) is 0 Å². The molecule has 0 amide bonds. The molecule has 0 spiro atoms. The molecule has 4 aromatic rings. The Morgan fingerprint density at radius 3 is 2.52 bits per heavy atom. The van der Waals surface area contributed by atoms with Crippen LogP contribution in [0, 0.1) is 0 Å². The Morgan fingerprint density at radius 2 is 1.76 bits per heavy atom. The standard InChI is InChI=1S/C20H16N4S/c1-2-6-19(7-3-1)25-20-9-8-16(11-22-20)14-24-15-18(13-23-24)17-5-4-10-21-12-17/h1-13,15H,14H2. The van der Waals surface area contributed by atoms with E-state index in [1.165, 1.54) is 4.90 Å². The lowest BCUT2D eigenvalue weighted by molar-refractivity contribution is 0.683.